The van der Waals surface area contributed by atoms with Gasteiger partial charge in [-0.05, 0) is 12.1 Å². The van der Waals surface area contributed by atoms with Crippen LogP contribution >= 0.6 is 11.6 Å². The Hall–Kier alpha value is -2.41. The van der Waals surface area contributed by atoms with Crippen LogP contribution in [0.3, 0.4) is 0 Å². The van der Waals surface area contributed by atoms with E-state index in [0.29, 0.717) is 29.7 Å². The number of carboxylic acids is 1. The Bertz CT molecular complexity index is 672. The normalized spacial score (nSPS) is 10.4. The second-order valence-electron chi connectivity index (χ2n) is 4.52. The molecule has 0 aliphatic rings. The van der Waals surface area contributed by atoms with Gasteiger partial charge in [0.05, 0.1) is 6.42 Å². The van der Waals surface area contributed by atoms with E-state index >= 15 is 0 Å². The second-order valence-corrected chi connectivity index (χ2v) is 4.95. The van der Waals surface area contributed by atoms with Crippen LogP contribution < -0.4 is 5.32 Å². The molecular formula is C14H14ClN3O4. The molecule has 116 valence electrons. The number of hydrogen-bond donors (Lipinski definition) is 2. The summed E-state index contributed by atoms with van der Waals surface area (Å²) < 4.78 is 5.09. The lowest BCUT2D eigenvalue weighted by atomic mass is 10.2. The van der Waals surface area contributed by atoms with Gasteiger partial charge in [0.15, 0.2) is 0 Å². The van der Waals surface area contributed by atoms with Crippen LogP contribution in [0.5, 0.6) is 0 Å². The minimum atomic E-state index is -1.00. The monoisotopic (exact) mass is 323 g/mol. The number of aromatic nitrogens is 2. The summed E-state index contributed by atoms with van der Waals surface area (Å²) in [5, 5.41) is 15.5. The van der Waals surface area contributed by atoms with E-state index in [4.69, 9.17) is 21.2 Å². The van der Waals surface area contributed by atoms with Crippen molar-refractivity contribution in [2.75, 3.05) is 6.54 Å². The third kappa shape index (κ3) is 4.85. The number of carbonyl (C=O) groups is 2. The zero-order valence-electron chi connectivity index (χ0n) is 11.6. The highest BCUT2D eigenvalue weighted by molar-refractivity contribution is 6.30. The van der Waals surface area contributed by atoms with Crippen molar-refractivity contribution < 1.29 is 19.2 Å². The summed E-state index contributed by atoms with van der Waals surface area (Å²) in [5.41, 5.74) is 0.744. The molecule has 0 radical (unpaired) electrons. The van der Waals surface area contributed by atoms with Crippen molar-refractivity contribution >= 4 is 23.5 Å². The lowest BCUT2D eigenvalue weighted by molar-refractivity contribution is -0.138. The summed E-state index contributed by atoms with van der Waals surface area (Å²) in [6, 6.07) is 7.08. The Morgan fingerprint density at radius 1 is 1.32 bits per heavy atom. The van der Waals surface area contributed by atoms with Crippen LogP contribution in [-0.4, -0.2) is 33.7 Å². The molecule has 0 atom stereocenters. The molecule has 8 heteroatoms. The molecule has 0 aliphatic carbocycles. The van der Waals surface area contributed by atoms with Gasteiger partial charge in [-0.25, -0.2) is 0 Å². The highest BCUT2D eigenvalue weighted by Gasteiger charge is 2.10. The predicted molar refractivity (Wildman–Crippen MR) is 78.3 cm³/mol. The van der Waals surface area contributed by atoms with Gasteiger partial charge in [-0.1, -0.05) is 28.9 Å². The molecule has 0 aliphatic heterocycles. The minimum absolute atomic E-state index is 0.0487. The molecule has 2 N–H and O–H groups in total. The third-order valence-electron chi connectivity index (χ3n) is 2.78. The zero-order valence-corrected chi connectivity index (χ0v) is 12.3. The Balaban J connectivity index is 1.83. The van der Waals surface area contributed by atoms with Crippen LogP contribution in [0.4, 0.5) is 0 Å². The minimum Gasteiger partial charge on any atom is -0.481 e. The van der Waals surface area contributed by atoms with Crippen LogP contribution in [0.15, 0.2) is 28.8 Å². The first kappa shape index (κ1) is 16.0. The van der Waals surface area contributed by atoms with Gasteiger partial charge in [0, 0.05) is 30.0 Å². The molecule has 0 bridgehead atoms. The van der Waals surface area contributed by atoms with Gasteiger partial charge in [-0.15, -0.1) is 0 Å². The van der Waals surface area contributed by atoms with Crippen molar-refractivity contribution in [1.29, 1.82) is 0 Å². The summed E-state index contributed by atoms with van der Waals surface area (Å²) >= 11 is 5.90. The van der Waals surface area contributed by atoms with E-state index in [1.54, 1.807) is 18.2 Å². The van der Waals surface area contributed by atoms with Gasteiger partial charge in [0.1, 0.15) is 0 Å². The number of halogens is 1. The van der Waals surface area contributed by atoms with Crippen LogP contribution in [-0.2, 0) is 16.0 Å². The number of amides is 1. The number of aliphatic carboxylic acids is 1. The lowest BCUT2D eigenvalue weighted by Crippen LogP contribution is -2.26. The summed E-state index contributed by atoms with van der Waals surface area (Å²) in [4.78, 5) is 25.9. The zero-order chi connectivity index (χ0) is 15.9. The summed E-state index contributed by atoms with van der Waals surface area (Å²) in [6.07, 6.45) is 0.130. The fraction of sp³-hybridized carbons (Fsp3) is 0.286. The Labute approximate surface area is 131 Å². The molecule has 1 aromatic carbocycles. The lowest BCUT2D eigenvalue weighted by Gasteiger charge is -2.01. The van der Waals surface area contributed by atoms with Crippen LogP contribution in [0, 0.1) is 0 Å². The van der Waals surface area contributed by atoms with Gasteiger partial charge in [-0.3, -0.25) is 9.59 Å². The standard InChI is InChI=1S/C14H14ClN3O4/c15-10-3-1-2-9(8-10)14-17-12(22-18-14)6-7-16-11(19)4-5-13(20)21/h1-3,8H,4-7H2,(H,16,19)(H,20,21). The number of hydrogen-bond acceptors (Lipinski definition) is 5. The molecule has 1 aromatic heterocycles. The molecule has 0 unspecified atom stereocenters. The van der Waals surface area contributed by atoms with Crippen LogP contribution in [0.2, 0.25) is 5.02 Å². The molecule has 0 saturated carbocycles. The fourth-order valence-corrected chi connectivity index (χ4v) is 1.91. The van der Waals surface area contributed by atoms with Gasteiger partial charge in [0.2, 0.25) is 17.6 Å². The summed E-state index contributed by atoms with van der Waals surface area (Å²) in [6.45, 7) is 0.301. The Morgan fingerprint density at radius 2 is 2.14 bits per heavy atom. The van der Waals surface area contributed by atoms with E-state index in [9.17, 15) is 9.59 Å². The first-order valence-corrected chi connectivity index (χ1v) is 6.99. The number of rotatable bonds is 7. The number of carbonyl (C=O) groups excluding carboxylic acids is 1. The maximum Gasteiger partial charge on any atom is 0.303 e. The van der Waals surface area contributed by atoms with Crippen molar-refractivity contribution in [2.24, 2.45) is 0 Å². The highest BCUT2D eigenvalue weighted by Crippen LogP contribution is 2.19. The van der Waals surface area contributed by atoms with Crippen molar-refractivity contribution in [3.05, 3.63) is 35.2 Å². The third-order valence-corrected chi connectivity index (χ3v) is 3.01. The van der Waals surface area contributed by atoms with Gasteiger partial charge >= 0.3 is 5.97 Å². The molecule has 0 spiro atoms. The molecule has 2 aromatic rings. The number of carboxylic acid groups (broad SMARTS) is 1. The van der Waals surface area contributed by atoms with E-state index in [2.05, 4.69) is 15.5 Å². The molecule has 1 amide bonds. The summed E-state index contributed by atoms with van der Waals surface area (Å²) in [5.74, 6) is -0.515. The predicted octanol–water partition coefficient (Wildman–Crippen LogP) is 1.91. The van der Waals surface area contributed by atoms with E-state index in [-0.39, 0.29) is 18.7 Å². The molecule has 0 saturated heterocycles. The van der Waals surface area contributed by atoms with Crippen LogP contribution in [0.25, 0.3) is 11.4 Å². The summed E-state index contributed by atoms with van der Waals surface area (Å²) in [7, 11) is 0. The maximum absolute atomic E-state index is 11.3. The van der Waals surface area contributed by atoms with Crippen molar-refractivity contribution in [1.82, 2.24) is 15.5 Å². The highest BCUT2D eigenvalue weighted by atomic mass is 35.5. The molecule has 7 nitrogen and oxygen atoms in total. The Morgan fingerprint density at radius 3 is 2.86 bits per heavy atom. The average Bonchev–Trinajstić information content (AvgIpc) is 2.94. The largest absolute Gasteiger partial charge is 0.481 e. The van der Waals surface area contributed by atoms with E-state index in [0.717, 1.165) is 5.56 Å². The Kier molecular flexibility index (Phi) is 5.48. The van der Waals surface area contributed by atoms with Gasteiger partial charge < -0.3 is 14.9 Å². The van der Waals surface area contributed by atoms with E-state index < -0.39 is 5.97 Å². The van der Waals surface area contributed by atoms with Gasteiger partial charge in [0.25, 0.3) is 0 Å². The molecule has 0 fully saturated rings. The maximum atomic E-state index is 11.3. The second kappa shape index (κ2) is 7.56. The van der Waals surface area contributed by atoms with Crippen molar-refractivity contribution in [3.8, 4) is 11.4 Å². The molecule has 22 heavy (non-hydrogen) atoms. The molecule has 2 rings (SSSR count). The number of nitrogens with one attached hydrogen (secondary N) is 1. The first-order chi connectivity index (χ1) is 10.5. The van der Waals surface area contributed by atoms with Crippen molar-refractivity contribution in [3.63, 3.8) is 0 Å². The number of benzene rings is 1. The van der Waals surface area contributed by atoms with Crippen LogP contribution in [0.1, 0.15) is 18.7 Å². The smallest absolute Gasteiger partial charge is 0.303 e. The topological polar surface area (TPSA) is 105 Å². The van der Waals surface area contributed by atoms with Gasteiger partial charge in [-0.2, -0.15) is 4.98 Å². The van der Waals surface area contributed by atoms with E-state index in [1.165, 1.54) is 0 Å². The fourth-order valence-electron chi connectivity index (χ4n) is 1.72. The average molecular weight is 324 g/mol. The van der Waals surface area contributed by atoms with Crippen molar-refractivity contribution in [2.45, 2.75) is 19.3 Å². The number of nitrogens with zero attached hydrogens (tertiary/aromatic N) is 2. The van der Waals surface area contributed by atoms with E-state index in [1.807, 2.05) is 6.07 Å². The first-order valence-electron chi connectivity index (χ1n) is 6.61. The SMILES string of the molecule is O=C(O)CCC(=O)NCCc1nc(-c2cccc(Cl)c2)no1. The quantitative estimate of drug-likeness (QED) is 0.806. The molecular weight excluding hydrogens is 310 g/mol. The molecule has 1 heterocycles.